The summed E-state index contributed by atoms with van der Waals surface area (Å²) in [6, 6.07) is 0. The van der Waals surface area contributed by atoms with Crippen LogP contribution >= 0.6 is 0 Å². The molecular formula is C9H21NO2. The second kappa shape index (κ2) is 5.51. The molecule has 0 aliphatic heterocycles. The summed E-state index contributed by atoms with van der Waals surface area (Å²) in [5.41, 5.74) is 0. The van der Waals surface area contributed by atoms with E-state index in [1.54, 1.807) is 0 Å². The third-order valence-corrected chi connectivity index (χ3v) is 2.16. The molecule has 0 aromatic carbocycles. The molecule has 0 rings (SSSR count). The number of rotatable bonds is 5. The van der Waals surface area contributed by atoms with E-state index in [1.807, 2.05) is 27.7 Å². The smallest absolute Gasteiger partial charge is 0.109 e. The van der Waals surface area contributed by atoms with E-state index < -0.39 is 12.5 Å². The molecule has 3 nitrogen and oxygen atoms in total. The van der Waals surface area contributed by atoms with E-state index >= 15 is 0 Å². The summed E-state index contributed by atoms with van der Waals surface area (Å²) < 4.78 is 0. The summed E-state index contributed by atoms with van der Waals surface area (Å²) in [5, 5.41) is 21.6. The molecule has 0 radical (unpaired) electrons. The Balaban J connectivity index is 3.75. The summed E-state index contributed by atoms with van der Waals surface area (Å²) in [5.74, 6) is 0.308. The molecule has 0 aromatic heterocycles. The first-order valence-electron chi connectivity index (χ1n) is 4.61. The Bertz CT molecular complexity index is 117. The van der Waals surface area contributed by atoms with Gasteiger partial charge in [-0.1, -0.05) is 27.7 Å². The van der Waals surface area contributed by atoms with Crippen molar-refractivity contribution in [1.29, 1.82) is 0 Å². The van der Waals surface area contributed by atoms with Crippen LogP contribution < -0.4 is 5.32 Å². The van der Waals surface area contributed by atoms with Crippen molar-refractivity contribution in [3.8, 4) is 0 Å². The molecule has 0 amide bonds. The van der Waals surface area contributed by atoms with Crippen LogP contribution in [-0.2, 0) is 0 Å². The van der Waals surface area contributed by atoms with Crippen LogP contribution in [0.2, 0.25) is 0 Å². The van der Waals surface area contributed by atoms with Crippen molar-refractivity contribution in [2.45, 2.75) is 46.6 Å². The molecule has 0 aliphatic rings. The van der Waals surface area contributed by atoms with Crippen molar-refractivity contribution >= 4 is 0 Å². The zero-order valence-corrected chi connectivity index (χ0v) is 8.41. The van der Waals surface area contributed by atoms with Crippen LogP contribution in [0.15, 0.2) is 0 Å². The molecule has 0 saturated carbocycles. The fourth-order valence-electron chi connectivity index (χ4n) is 0.755. The van der Waals surface area contributed by atoms with Gasteiger partial charge in [0, 0.05) is 0 Å². The predicted octanol–water partition coefficient (Wildman–Crippen LogP) is 0.915. The SMILES string of the molecule is CCC(C)C(O)NC(O)C(C)C. The molecule has 3 N–H and O–H groups in total. The lowest BCUT2D eigenvalue weighted by Gasteiger charge is -2.24. The van der Waals surface area contributed by atoms with Gasteiger partial charge >= 0.3 is 0 Å². The van der Waals surface area contributed by atoms with Gasteiger partial charge in [-0.3, -0.25) is 5.32 Å². The molecule has 0 aliphatic carbocycles. The molecule has 0 fully saturated rings. The first-order valence-corrected chi connectivity index (χ1v) is 4.61. The summed E-state index contributed by atoms with van der Waals surface area (Å²) in [7, 11) is 0. The molecule has 0 aromatic rings. The van der Waals surface area contributed by atoms with E-state index in [2.05, 4.69) is 5.32 Å². The number of aliphatic hydroxyl groups is 2. The molecule has 12 heavy (non-hydrogen) atoms. The Morgan fingerprint density at radius 3 is 1.92 bits per heavy atom. The van der Waals surface area contributed by atoms with Gasteiger partial charge in [-0.15, -0.1) is 0 Å². The quantitative estimate of drug-likeness (QED) is 0.544. The normalized spacial score (nSPS) is 19.2. The summed E-state index contributed by atoms with van der Waals surface area (Å²) in [4.78, 5) is 0. The molecule has 0 saturated heterocycles. The summed E-state index contributed by atoms with van der Waals surface area (Å²) >= 11 is 0. The molecule has 0 spiro atoms. The average Bonchev–Trinajstić information content (AvgIpc) is 2.02. The first-order chi connectivity index (χ1) is 5.49. The fraction of sp³-hybridized carbons (Fsp3) is 1.00. The van der Waals surface area contributed by atoms with E-state index in [4.69, 9.17) is 0 Å². The van der Waals surface area contributed by atoms with Crippen LogP contribution in [0, 0.1) is 11.8 Å². The number of nitrogens with one attached hydrogen (secondary N) is 1. The first kappa shape index (κ1) is 11.9. The molecular weight excluding hydrogens is 154 g/mol. The van der Waals surface area contributed by atoms with E-state index in [9.17, 15) is 10.2 Å². The zero-order chi connectivity index (χ0) is 9.72. The van der Waals surface area contributed by atoms with Crippen molar-refractivity contribution < 1.29 is 10.2 Å². The molecule has 74 valence electrons. The highest BCUT2D eigenvalue weighted by molar-refractivity contribution is 4.65. The summed E-state index contributed by atoms with van der Waals surface area (Å²) in [6.07, 6.45) is -0.319. The maximum atomic E-state index is 9.47. The number of hydrogen-bond donors (Lipinski definition) is 3. The second-order valence-electron chi connectivity index (χ2n) is 3.69. The van der Waals surface area contributed by atoms with Crippen molar-refractivity contribution in [2.75, 3.05) is 0 Å². The molecule has 0 heterocycles. The minimum Gasteiger partial charge on any atom is -0.378 e. The highest BCUT2D eigenvalue weighted by Gasteiger charge is 2.17. The number of hydrogen-bond acceptors (Lipinski definition) is 3. The highest BCUT2D eigenvalue weighted by atomic mass is 16.3. The Hall–Kier alpha value is -0.120. The van der Waals surface area contributed by atoms with E-state index in [0.717, 1.165) is 6.42 Å². The number of aliphatic hydroxyl groups excluding tert-OH is 2. The minimum atomic E-state index is -0.617. The van der Waals surface area contributed by atoms with Gasteiger partial charge in [0.25, 0.3) is 0 Å². The van der Waals surface area contributed by atoms with Crippen LogP contribution in [0.4, 0.5) is 0 Å². The van der Waals surface area contributed by atoms with Gasteiger partial charge in [0.15, 0.2) is 0 Å². The van der Waals surface area contributed by atoms with Gasteiger partial charge in [-0.25, -0.2) is 0 Å². The molecule has 3 atom stereocenters. The minimum absolute atomic E-state index is 0.128. The maximum absolute atomic E-state index is 9.47. The largest absolute Gasteiger partial charge is 0.378 e. The summed E-state index contributed by atoms with van der Waals surface area (Å²) in [6.45, 7) is 7.77. The fourth-order valence-corrected chi connectivity index (χ4v) is 0.755. The third-order valence-electron chi connectivity index (χ3n) is 2.16. The standard InChI is InChI=1S/C9H21NO2/c1-5-7(4)9(12)10-8(11)6(2)3/h6-12H,5H2,1-4H3. The Morgan fingerprint density at radius 1 is 1.08 bits per heavy atom. The van der Waals surface area contributed by atoms with E-state index in [-0.39, 0.29) is 11.8 Å². The van der Waals surface area contributed by atoms with Gasteiger partial charge in [-0.05, 0) is 18.3 Å². The molecule has 3 unspecified atom stereocenters. The Morgan fingerprint density at radius 2 is 1.58 bits per heavy atom. The lowest BCUT2D eigenvalue weighted by Crippen LogP contribution is -2.44. The van der Waals surface area contributed by atoms with E-state index in [1.165, 1.54) is 0 Å². The lowest BCUT2D eigenvalue weighted by atomic mass is 10.1. The Kier molecular flexibility index (Phi) is 5.46. The van der Waals surface area contributed by atoms with Gasteiger partial charge in [0.05, 0.1) is 0 Å². The molecule has 3 heteroatoms. The lowest BCUT2D eigenvalue weighted by molar-refractivity contribution is -0.00769. The second-order valence-corrected chi connectivity index (χ2v) is 3.69. The van der Waals surface area contributed by atoms with Crippen LogP contribution in [0.5, 0.6) is 0 Å². The van der Waals surface area contributed by atoms with Gasteiger partial charge in [0.1, 0.15) is 12.5 Å². The Labute approximate surface area is 74.8 Å². The van der Waals surface area contributed by atoms with Crippen molar-refractivity contribution in [1.82, 2.24) is 5.32 Å². The van der Waals surface area contributed by atoms with Crippen LogP contribution in [0.1, 0.15) is 34.1 Å². The topological polar surface area (TPSA) is 52.5 Å². The van der Waals surface area contributed by atoms with Gasteiger partial charge in [-0.2, -0.15) is 0 Å². The average molecular weight is 175 g/mol. The van der Waals surface area contributed by atoms with Crippen LogP contribution in [0.3, 0.4) is 0 Å². The predicted molar refractivity (Wildman–Crippen MR) is 49.4 cm³/mol. The van der Waals surface area contributed by atoms with E-state index in [0.29, 0.717) is 0 Å². The maximum Gasteiger partial charge on any atom is 0.109 e. The zero-order valence-electron chi connectivity index (χ0n) is 8.41. The van der Waals surface area contributed by atoms with Gasteiger partial charge < -0.3 is 10.2 Å². The monoisotopic (exact) mass is 175 g/mol. The highest BCUT2D eigenvalue weighted by Crippen LogP contribution is 2.07. The van der Waals surface area contributed by atoms with Crippen LogP contribution in [0.25, 0.3) is 0 Å². The van der Waals surface area contributed by atoms with Crippen molar-refractivity contribution in [2.24, 2.45) is 11.8 Å². The third kappa shape index (κ3) is 4.04. The molecule has 0 bridgehead atoms. The van der Waals surface area contributed by atoms with Crippen LogP contribution in [-0.4, -0.2) is 22.7 Å². The van der Waals surface area contributed by atoms with Gasteiger partial charge in [0.2, 0.25) is 0 Å². The van der Waals surface area contributed by atoms with Crippen molar-refractivity contribution in [3.05, 3.63) is 0 Å². The van der Waals surface area contributed by atoms with Crippen molar-refractivity contribution in [3.63, 3.8) is 0 Å².